The molecule has 25 heavy (non-hydrogen) atoms. The van der Waals surface area contributed by atoms with Gasteiger partial charge in [0.2, 0.25) is 0 Å². The van der Waals surface area contributed by atoms with Gasteiger partial charge >= 0.3 is 0 Å². The van der Waals surface area contributed by atoms with Gasteiger partial charge in [0, 0.05) is 34.6 Å². The van der Waals surface area contributed by atoms with Crippen molar-refractivity contribution in [3.05, 3.63) is 82.9 Å². The fraction of sp³-hybridized carbons (Fsp3) is 0.0500. The minimum Gasteiger partial charge on any atom is -0.374 e. The zero-order valence-electron chi connectivity index (χ0n) is 13.1. The van der Waals surface area contributed by atoms with Crippen molar-refractivity contribution < 1.29 is 4.39 Å². The number of aromatic amines is 1. The zero-order valence-corrected chi connectivity index (χ0v) is 13.8. The monoisotopic (exact) mass is 349 g/mol. The highest BCUT2D eigenvalue weighted by Gasteiger charge is 2.26. The number of fused-ring (bicyclic) bond motifs is 2. The first-order valence-electron chi connectivity index (χ1n) is 7.99. The number of para-hydroxylation sites is 1. The van der Waals surface area contributed by atoms with E-state index in [1.165, 1.54) is 6.07 Å². The number of halogens is 2. The van der Waals surface area contributed by atoms with Crippen LogP contribution in [0.2, 0.25) is 5.02 Å². The third kappa shape index (κ3) is 2.14. The summed E-state index contributed by atoms with van der Waals surface area (Å²) in [6.07, 6.45) is 3.74. The van der Waals surface area contributed by atoms with Crippen LogP contribution in [0.25, 0.3) is 22.2 Å². The topological polar surface area (TPSA) is 40.7 Å². The van der Waals surface area contributed by atoms with E-state index >= 15 is 0 Å². The molecule has 3 heterocycles. The number of nitrogens with zero attached hydrogens (tertiary/aromatic N) is 1. The van der Waals surface area contributed by atoms with Gasteiger partial charge in [0.1, 0.15) is 11.5 Å². The lowest BCUT2D eigenvalue weighted by atomic mass is 9.97. The van der Waals surface area contributed by atoms with E-state index in [1.54, 1.807) is 12.3 Å². The summed E-state index contributed by atoms with van der Waals surface area (Å²) in [5.41, 5.74) is 5.90. The Morgan fingerprint density at radius 2 is 1.92 bits per heavy atom. The van der Waals surface area contributed by atoms with Crippen LogP contribution in [0.4, 0.5) is 10.1 Å². The Morgan fingerprint density at radius 1 is 1.04 bits per heavy atom. The van der Waals surface area contributed by atoms with Gasteiger partial charge in [-0.3, -0.25) is 0 Å². The lowest BCUT2D eigenvalue weighted by molar-refractivity contribution is 0.625. The number of H-pyrrole nitrogens is 1. The average molecular weight is 350 g/mol. The molecule has 5 rings (SSSR count). The van der Waals surface area contributed by atoms with Crippen molar-refractivity contribution in [3.8, 4) is 11.1 Å². The normalized spacial score (nSPS) is 15.5. The third-order valence-electron chi connectivity index (χ3n) is 4.71. The van der Waals surface area contributed by atoms with Crippen molar-refractivity contribution in [2.75, 3.05) is 5.32 Å². The molecule has 0 radical (unpaired) electrons. The number of nitrogens with one attached hydrogen (secondary N) is 2. The lowest BCUT2D eigenvalue weighted by Gasteiger charge is -2.19. The molecule has 0 saturated carbocycles. The Balaban J connectivity index is 1.83. The van der Waals surface area contributed by atoms with E-state index in [1.807, 2.05) is 36.5 Å². The lowest BCUT2D eigenvalue weighted by Crippen LogP contribution is -2.11. The molecule has 4 aromatic rings. The van der Waals surface area contributed by atoms with E-state index in [9.17, 15) is 4.39 Å². The second kappa shape index (κ2) is 5.33. The summed E-state index contributed by atoms with van der Waals surface area (Å²) in [6.45, 7) is 0. The summed E-state index contributed by atoms with van der Waals surface area (Å²) in [6, 6.07) is 14.9. The van der Waals surface area contributed by atoms with Crippen molar-refractivity contribution >= 4 is 28.3 Å². The van der Waals surface area contributed by atoms with Gasteiger partial charge in [-0.05, 0) is 35.4 Å². The highest BCUT2D eigenvalue weighted by Crippen LogP contribution is 2.43. The summed E-state index contributed by atoms with van der Waals surface area (Å²) >= 11 is 5.86. The molecule has 2 aromatic heterocycles. The van der Waals surface area contributed by atoms with Gasteiger partial charge in [-0.1, -0.05) is 35.9 Å². The van der Waals surface area contributed by atoms with Crippen LogP contribution in [-0.4, -0.2) is 9.97 Å². The van der Waals surface area contributed by atoms with E-state index < -0.39 is 5.82 Å². The first kappa shape index (κ1) is 14.5. The van der Waals surface area contributed by atoms with Crippen molar-refractivity contribution in [3.63, 3.8) is 0 Å². The second-order valence-corrected chi connectivity index (χ2v) is 6.53. The summed E-state index contributed by atoms with van der Waals surface area (Å²) in [4.78, 5) is 7.67. The van der Waals surface area contributed by atoms with Gasteiger partial charge in [-0.2, -0.15) is 0 Å². The highest BCUT2D eigenvalue weighted by molar-refractivity contribution is 6.30. The maximum atomic E-state index is 14.1. The Hall–Kier alpha value is -2.85. The van der Waals surface area contributed by atoms with Gasteiger partial charge in [-0.15, -0.1) is 0 Å². The zero-order chi connectivity index (χ0) is 17.0. The molecular weight excluding hydrogens is 337 g/mol. The Labute approximate surface area is 148 Å². The molecular formula is C20H13ClFN3. The number of benzene rings is 2. The summed E-state index contributed by atoms with van der Waals surface area (Å²) in [5, 5.41) is 4.74. The predicted octanol–water partition coefficient (Wildman–Crippen LogP) is 5.54. The molecule has 3 nitrogen and oxygen atoms in total. The molecule has 5 heteroatoms. The summed E-state index contributed by atoms with van der Waals surface area (Å²) in [5.74, 6) is -0.420. The molecule has 0 aliphatic carbocycles. The van der Waals surface area contributed by atoms with Crippen LogP contribution in [0.1, 0.15) is 17.2 Å². The Kier molecular flexibility index (Phi) is 3.09. The van der Waals surface area contributed by atoms with Gasteiger partial charge in [0.15, 0.2) is 0 Å². The highest BCUT2D eigenvalue weighted by atomic mass is 35.5. The number of hydrogen-bond acceptors (Lipinski definition) is 2. The first-order valence-corrected chi connectivity index (χ1v) is 8.37. The molecule has 0 saturated heterocycles. The van der Waals surface area contributed by atoms with Crippen LogP contribution >= 0.6 is 11.6 Å². The molecule has 1 atom stereocenters. The number of pyridine rings is 1. The van der Waals surface area contributed by atoms with E-state index in [-0.39, 0.29) is 11.1 Å². The van der Waals surface area contributed by atoms with Gasteiger partial charge < -0.3 is 10.3 Å². The number of rotatable bonds is 1. The van der Waals surface area contributed by atoms with Crippen LogP contribution in [0, 0.1) is 5.82 Å². The number of hydrogen-bond donors (Lipinski definition) is 2. The molecule has 122 valence electrons. The van der Waals surface area contributed by atoms with Crippen LogP contribution in [-0.2, 0) is 0 Å². The second-order valence-electron chi connectivity index (χ2n) is 6.12. The largest absolute Gasteiger partial charge is 0.374 e. The van der Waals surface area contributed by atoms with Gasteiger partial charge in [0.05, 0.1) is 11.1 Å². The van der Waals surface area contributed by atoms with E-state index in [4.69, 9.17) is 11.6 Å². The van der Waals surface area contributed by atoms with Crippen LogP contribution < -0.4 is 5.32 Å². The molecule has 1 aliphatic heterocycles. The molecule has 1 aliphatic rings. The number of aromatic nitrogens is 2. The Bertz CT molecular complexity index is 1120. The molecule has 0 bridgehead atoms. The predicted molar refractivity (Wildman–Crippen MR) is 98.4 cm³/mol. The maximum absolute atomic E-state index is 14.1. The standard InChI is InChI=1S/C20H13ClFN3/c21-15-6-5-11(9-16(15)22)19-14-10-24-20-18(14)13(7-8-23-20)12-3-1-2-4-17(12)25-19/h1-10,19,25H,(H,23,24). The first-order chi connectivity index (χ1) is 12.2. The third-order valence-corrected chi connectivity index (χ3v) is 5.02. The van der Waals surface area contributed by atoms with E-state index in [0.717, 1.165) is 39.0 Å². The maximum Gasteiger partial charge on any atom is 0.142 e. The average Bonchev–Trinajstić information content (AvgIpc) is 3.00. The van der Waals surface area contributed by atoms with Gasteiger partial charge in [-0.25, -0.2) is 9.37 Å². The van der Waals surface area contributed by atoms with Crippen LogP contribution in [0.5, 0.6) is 0 Å². The SMILES string of the molecule is Fc1cc(C2Nc3ccccc3-c3ccnc4[nH]cc2c34)ccc1Cl. The quantitative estimate of drug-likeness (QED) is 0.474. The fourth-order valence-electron chi connectivity index (χ4n) is 3.57. The minimum absolute atomic E-state index is 0.124. The number of anilines is 1. The van der Waals surface area contributed by atoms with Crippen molar-refractivity contribution in [2.24, 2.45) is 0 Å². The minimum atomic E-state index is -0.420. The summed E-state index contributed by atoms with van der Waals surface area (Å²) in [7, 11) is 0. The summed E-state index contributed by atoms with van der Waals surface area (Å²) < 4.78 is 14.1. The van der Waals surface area contributed by atoms with Crippen LogP contribution in [0.15, 0.2) is 60.9 Å². The van der Waals surface area contributed by atoms with Crippen molar-refractivity contribution in [1.29, 1.82) is 0 Å². The Morgan fingerprint density at radius 3 is 2.80 bits per heavy atom. The van der Waals surface area contributed by atoms with Gasteiger partial charge in [0.25, 0.3) is 0 Å². The molecule has 0 spiro atoms. The van der Waals surface area contributed by atoms with E-state index in [2.05, 4.69) is 21.4 Å². The van der Waals surface area contributed by atoms with Crippen LogP contribution in [0.3, 0.4) is 0 Å². The molecule has 2 N–H and O–H groups in total. The smallest absolute Gasteiger partial charge is 0.142 e. The van der Waals surface area contributed by atoms with E-state index in [0.29, 0.717) is 0 Å². The molecule has 0 amide bonds. The fourth-order valence-corrected chi connectivity index (χ4v) is 3.68. The van der Waals surface area contributed by atoms with Crippen molar-refractivity contribution in [2.45, 2.75) is 6.04 Å². The molecule has 1 unspecified atom stereocenters. The van der Waals surface area contributed by atoms with Crippen molar-refractivity contribution in [1.82, 2.24) is 9.97 Å². The molecule has 2 aromatic carbocycles. The molecule has 0 fully saturated rings.